The Morgan fingerprint density at radius 2 is 1.42 bits per heavy atom. The van der Waals surface area contributed by atoms with Crippen molar-refractivity contribution >= 4 is 24.4 Å². The lowest BCUT2D eigenvalue weighted by molar-refractivity contribution is -0.318. The number of rotatable bonds is 20. The van der Waals surface area contributed by atoms with E-state index in [1.54, 1.807) is 53.4 Å². The van der Waals surface area contributed by atoms with Crippen LogP contribution in [0.2, 0.25) is 0 Å². The summed E-state index contributed by atoms with van der Waals surface area (Å²) in [6, 6.07) is 9.69. The Balaban J connectivity index is 1.57. The van der Waals surface area contributed by atoms with Crippen LogP contribution in [0.1, 0.15) is 159 Å². The number of esters is 1. The molecule has 0 saturated carbocycles. The summed E-state index contributed by atoms with van der Waals surface area (Å²) >= 11 is 0. The maximum absolute atomic E-state index is 14.6. The summed E-state index contributed by atoms with van der Waals surface area (Å²) in [4.78, 5) is 32.6. The molecule has 3 aliphatic heterocycles. The Morgan fingerprint density at radius 1 is 0.836 bits per heavy atom. The van der Waals surface area contributed by atoms with Crippen LogP contribution in [-0.2, 0) is 38.0 Å². The van der Waals surface area contributed by atoms with Gasteiger partial charge in [0, 0.05) is 45.7 Å². The third kappa shape index (κ3) is 17.1. The second-order valence-corrected chi connectivity index (χ2v) is 28.3. The lowest BCUT2D eigenvalue weighted by Gasteiger charge is -2.48. The molecule has 3 heterocycles. The molecule has 0 aliphatic carbocycles. The van der Waals surface area contributed by atoms with Crippen molar-refractivity contribution in [2.45, 2.75) is 249 Å². The lowest BCUT2D eigenvalue weighted by Crippen LogP contribution is -2.60. The molecule has 4 rings (SSSR count). The van der Waals surface area contributed by atoms with Gasteiger partial charge in [-0.05, 0) is 119 Å². The molecule has 0 bridgehead atoms. The van der Waals surface area contributed by atoms with Gasteiger partial charge in [0.15, 0.2) is 12.6 Å². The van der Waals surface area contributed by atoms with E-state index in [4.69, 9.17) is 28.4 Å². The minimum atomic E-state index is -1.99. The number of unbranched alkanes of at least 4 members (excludes halogenated alkanes) is 8. The molecule has 1 aromatic rings. The molecule has 3 aliphatic rings. The van der Waals surface area contributed by atoms with Crippen molar-refractivity contribution in [1.82, 2.24) is 9.80 Å². The summed E-state index contributed by atoms with van der Waals surface area (Å²) in [5, 5.41) is 61.6. The third-order valence-electron chi connectivity index (χ3n) is 16.8. The summed E-state index contributed by atoms with van der Waals surface area (Å²) in [5.41, 5.74) is -4.75. The number of carbonyl (C=O) groups is 2. The minimum Gasteiger partial charge on any atom is -0.459 e. The van der Waals surface area contributed by atoms with Gasteiger partial charge in [0.25, 0.3) is 0 Å². The number of nitrogens with zero attached hydrogens (tertiary/aromatic N) is 2. The molecule has 5 N–H and O–H groups in total. The number of cyclic esters (lactones) is 1. The average Bonchev–Trinajstić information content (AvgIpc) is 3.33. The van der Waals surface area contributed by atoms with E-state index in [0.717, 1.165) is 25.7 Å². The van der Waals surface area contributed by atoms with Crippen LogP contribution in [0.3, 0.4) is 0 Å². The molecule has 0 spiro atoms. The van der Waals surface area contributed by atoms with Gasteiger partial charge >= 0.3 is 5.97 Å². The van der Waals surface area contributed by atoms with Gasteiger partial charge in [-0.2, -0.15) is 0 Å². The zero-order valence-corrected chi connectivity index (χ0v) is 48.6. The fourth-order valence-electron chi connectivity index (χ4n) is 12.0. The summed E-state index contributed by atoms with van der Waals surface area (Å²) in [7, 11) is 4.18. The second-order valence-electron chi connectivity index (χ2n) is 23.9. The van der Waals surface area contributed by atoms with Crippen molar-refractivity contribution in [2.75, 3.05) is 47.2 Å². The molecule has 3 saturated heterocycles. The van der Waals surface area contributed by atoms with Crippen LogP contribution in [0.25, 0.3) is 0 Å². The number of benzene rings is 1. The Hall–Kier alpha value is -1.85. The van der Waals surface area contributed by atoms with Crippen molar-refractivity contribution in [3.8, 4) is 0 Å². The predicted octanol–water partition coefficient (Wildman–Crippen LogP) is 7.30. The molecule has 73 heavy (non-hydrogen) atoms. The van der Waals surface area contributed by atoms with Gasteiger partial charge in [-0.3, -0.25) is 9.59 Å². The summed E-state index contributed by atoms with van der Waals surface area (Å²) < 4.78 is 38.1. The van der Waals surface area contributed by atoms with E-state index >= 15 is 0 Å². The first-order valence-corrected chi connectivity index (χ1v) is 30.7. The Labute approximate surface area is 441 Å². The molecule has 16 heteroatoms. The molecule has 0 unspecified atom stereocenters. The van der Waals surface area contributed by atoms with Gasteiger partial charge < -0.3 is 63.8 Å². The van der Waals surface area contributed by atoms with Gasteiger partial charge in [-0.1, -0.05) is 77.5 Å². The van der Waals surface area contributed by atoms with E-state index in [-0.39, 0.29) is 56.2 Å². The maximum Gasteiger partial charge on any atom is 0.311 e. The SMILES string of the molecule is CC[C@H]1OC(=O)[C@H](C)[C@@H](O[C@H]2C[C@@](C)(OC)[C@@H](O)[C@H](C)O2)[C@H](C)[C@@H](O[C@@H]2O[C@H](C)C[C@H](N(C)C)[C@H]2O)[C@](C)(O)C[C@@H](C)CN(C(=O)CCCCCCCCCCC[P+](C)(C)c2ccccc2)[C@H](C)[C@@H](O)[C@]1(C)O. The van der Waals surface area contributed by atoms with E-state index in [1.807, 2.05) is 32.8 Å². The zero-order valence-electron chi connectivity index (χ0n) is 47.7. The summed E-state index contributed by atoms with van der Waals surface area (Å²) in [5.74, 6) is -3.21. The molecule has 0 radical (unpaired) electrons. The van der Waals surface area contributed by atoms with E-state index in [0.29, 0.717) is 12.8 Å². The molecule has 15 nitrogen and oxygen atoms in total. The Kier molecular flexibility index (Phi) is 24.6. The maximum atomic E-state index is 14.6. The number of ether oxygens (including phenoxy) is 6. The van der Waals surface area contributed by atoms with Crippen LogP contribution < -0.4 is 5.30 Å². The number of hydrogen-bond donors (Lipinski definition) is 5. The summed E-state index contributed by atoms with van der Waals surface area (Å²) in [6.07, 6.45) is 1.97. The molecule has 1 aromatic carbocycles. The summed E-state index contributed by atoms with van der Waals surface area (Å²) in [6.45, 7) is 22.3. The fraction of sp³-hybridized carbons (Fsp3) is 0.860. The number of hydrogen-bond acceptors (Lipinski definition) is 14. The number of carbonyl (C=O) groups excluding carboxylic acids is 2. The topological polar surface area (TPSA) is 197 Å². The van der Waals surface area contributed by atoms with Crippen molar-refractivity contribution < 1.29 is 63.5 Å². The first-order valence-electron chi connectivity index (χ1n) is 27.8. The average molecular weight is 1050 g/mol. The predicted molar refractivity (Wildman–Crippen MR) is 289 cm³/mol. The quantitative estimate of drug-likeness (QED) is 0.0496. The fourth-order valence-corrected chi connectivity index (χ4v) is 14.2. The zero-order chi connectivity index (χ0) is 54.6. The van der Waals surface area contributed by atoms with Crippen molar-refractivity contribution in [3.63, 3.8) is 0 Å². The van der Waals surface area contributed by atoms with Gasteiger partial charge in [0.05, 0.1) is 72.4 Å². The minimum absolute atomic E-state index is 0.0842. The first kappa shape index (κ1) is 63.7. The van der Waals surface area contributed by atoms with Crippen LogP contribution >= 0.6 is 7.26 Å². The number of amides is 1. The number of aliphatic hydroxyl groups is 5. The van der Waals surface area contributed by atoms with Crippen LogP contribution in [0.4, 0.5) is 0 Å². The second kappa shape index (κ2) is 28.2. The Morgan fingerprint density at radius 3 is 2.00 bits per heavy atom. The number of likely N-dealkylation sites (N-methyl/N-ethyl adjacent to an activating group) is 1. The number of aliphatic hydroxyl groups excluding tert-OH is 3. The van der Waals surface area contributed by atoms with Crippen LogP contribution in [0.15, 0.2) is 30.3 Å². The number of methoxy groups -OCH3 is 1. The molecular formula is C57H102N2O13P+. The highest BCUT2D eigenvalue weighted by Gasteiger charge is 2.53. The molecule has 0 aromatic heterocycles. The normalized spacial score (nSPS) is 38.7. The van der Waals surface area contributed by atoms with E-state index in [1.165, 1.54) is 51.2 Å². The van der Waals surface area contributed by atoms with Gasteiger partial charge in [-0.25, -0.2) is 0 Å². The van der Waals surface area contributed by atoms with Gasteiger partial charge in [-0.15, -0.1) is 0 Å². The van der Waals surface area contributed by atoms with Gasteiger partial charge in [0.2, 0.25) is 5.91 Å². The smallest absolute Gasteiger partial charge is 0.311 e. The van der Waals surface area contributed by atoms with E-state index in [9.17, 15) is 35.1 Å². The standard InChI is InChI=1S/C57H102N2O13P/c1-16-45-57(10,66)50(62)41(6)59(46(60)31-27-22-20-18-17-19-21-23-28-32-73(14,15)43-29-25-24-26-30-43)36-37(2)34-55(8,65)52(72-54-48(61)44(58(11)12)33-38(3)68-54)39(4)49(40(5)53(64)70-45)71-47-35-56(9,67-13)51(63)42(7)69-47/h24-26,29-30,37-42,44-45,47-52,54,61-63,65-66H,16-23,27-28,31-36H2,1-15H3/q+1/t37-,38-,39+,40-,41-,42+,44+,45-,47+,48-,49+,50-,51+,52-,54+,55-,56-,57-/m1/s1. The van der Waals surface area contributed by atoms with E-state index < -0.39 is 103 Å². The van der Waals surface area contributed by atoms with Crippen molar-refractivity contribution in [1.29, 1.82) is 0 Å². The highest BCUT2D eigenvalue weighted by atomic mass is 31.2. The van der Waals surface area contributed by atoms with E-state index in [2.05, 4.69) is 43.7 Å². The molecular weight excluding hydrogens is 952 g/mol. The van der Waals surface area contributed by atoms with Crippen molar-refractivity contribution in [3.05, 3.63) is 30.3 Å². The third-order valence-corrected chi connectivity index (χ3v) is 19.9. The monoisotopic (exact) mass is 1050 g/mol. The largest absolute Gasteiger partial charge is 0.459 e. The highest BCUT2D eigenvalue weighted by Crippen LogP contribution is 2.50. The van der Waals surface area contributed by atoms with Crippen molar-refractivity contribution in [2.24, 2.45) is 17.8 Å². The molecule has 1 amide bonds. The molecule has 18 atom stereocenters. The van der Waals surface area contributed by atoms with Crippen LogP contribution in [-0.4, -0.2) is 185 Å². The van der Waals surface area contributed by atoms with Gasteiger partial charge in [0.1, 0.15) is 30.0 Å². The first-order chi connectivity index (χ1) is 34.1. The molecule has 422 valence electrons. The van der Waals surface area contributed by atoms with Crippen LogP contribution in [0, 0.1) is 17.8 Å². The molecule has 3 fully saturated rings. The van der Waals surface area contributed by atoms with Crippen LogP contribution in [0.5, 0.6) is 0 Å². The highest BCUT2D eigenvalue weighted by molar-refractivity contribution is 7.81. The Bertz CT molecular complexity index is 1810. The lowest BCUT2D eigenvalue weighted by atomic mass is 9.77.